The first kappa shape index (κ1) is 22.4. The summed E-state index contributed by atoms with van der Waals surface area (Å²) in [4.78, 5) is 31.5. The van der Waals surface area contributed by atoms with Gasteiger partial charge in [-0.3, -0.25) is 14.5 Å². The molecule has 2 rings (SSSR count). The fourth-order valence-electron chi connectivity index (χ4n) is 3.60. The second-order valence-electron chi connectivity index (χ2n) is 8.91. The maximum atomic E-state index is 12.8. The molecule has 5 heteroatoms. The molecule has 0 unspecified atom stereocenters. The minimum atomic E-state index is 0.177. The van der Waals surface area contributed by atoms with E-state index >= 15 is 0 Å². The predicted octanol–water partition coefficient (Wildman–Crippen LogP) is 2.82. The van der Waals surface area contributed by atoms with Gasteiger partial charge in [-0.25, -0.2) is 0 Å². The number of aryl methyl sites for hydroxylation is 1. The highest BCUT2D eigenvalue weighted by Gasteiger charge is 2.24. The lowest BCUT2D eigenvalue weighted by atomic mass is 10.1. The van der Waals surface area contributed by atoms with Crippen LogP contribution in [-0.4, -0.2) is 72.3 Å². The lowest BCUT2D eigenvalue weighted by Gasteiger charge is -2.36. The quantitative estimate of drug-likeness (QED) is 0.689. The number of hydrogen-bond donors (Lipinski definition) is 0. The van der Waals surface area contributed by atoms with Crippen LogP contribution in [0.4, 0.5) is 0 Å². The van der Waals surface area contributed by atoms with E-state index in [2.05, 4.69) is 39.5 Å². The first-order chi connectivity index (χ1) is 13.2. The maximum absolute atomic E-state index is 12.8. The van der Waals surface area contributed by atoms with Crippen LogP contribution in [0.2, 0.25) is 0 Å². The molecule has 0 bridgehead atoms. The van der Waals surface area contributed by atoms with E-state index in [1.54, 1.807) is 0 Å². The number of benzene rings is 1. The summed E-state index contributed by atoms with van der Waals surface area (Å²) in [6, 6.07) is 8.15. The Kier molecular flexibility index (Phi) is 8.49. The van der Waals surface area contributed by atoms with Crippen molar-refractivity contribution in [3.63, 3.8) is 0 Å². The zero-order chi connectivity index (χ0) is 20.7. The number of hydrogen-bond acceptors (Lipinski definition) is 3. The van der Waals surface area contributed by atoms with Crippen LogP contribution in [0, 0.1) is 18.8 Å². The Morgan fingerprint density at radius 3 is 1.96 bits per heavy atom. The normalized spacial score (nSPS) is 15.3. The molecule has 28 heavy (non-hydrogen) atoms. The number of carbonyl (C=O) groups is 2. The van der Waals surface area contributed by atoms with Crippen LogP contribution in [-0.2, 0) is 16.0 Å². The van der Waals surface area contributed by atoms with Gasteiger partial charge in [-0.05, 0) is 24.3 Å². The lowest BCUT2D eigenvalue weighted by molar-refractivity contribution is -0.135. The number of amides is 2. The third-order valence-electron chi connectivity index (χ3n) is 5.08. The largest absolute Gasteiger partial charge is 0.341 e. The third kappa shape index (κ3) is 7.27. The first-order valence-electron chi connectivity index (χ1n) is 10.6. The molecule has 0 spiro atoms. The van der Waals surface area contributed by atoms with Crippen molar-refractivity contribution >= 4 is 11.8 Å². The standard InChI is InChI=1S/C23H37N3O2/c1-18(2)15-26(16-19(3)4)23(28)17-24-10-12-25(13-11-24)22(27)14-21-8-6-20(5)7-9-21/h6-9,18-19H,10-17H2,1-5H3. The van der Waals surface area contributed by atoms with Gasteiger partial charge >= 0.3 is 0 Å². The van der Waals surface area contributed by atoms with E-state index in [9.17, 15) is 9.59 Å². The van der Waals surface area contributed by atoms with Crippen LogP contribution < -0.4 is 0 Å². The van der Waals surface area contributed by atoms with Crippen molar-refractivity contribution in [2.45, 2.75) is 41.0 Å². The molecule has 1 aliphatic rings. The Bertz CT molecular complexity index is 622. The van der Waals surface area contributed by atoms with Crippen molar-refractivity contribution in [3.8, 4) is 0 Å². The number of piperazine rings is 1. The highest BCUT2D eigenvalue weighted by molar-refractivity contribution is 5.79. The van der Waals surface area contributed by atoms with Crippen LogP contribution in [0.25, 0.3) is 0 Å². The van der Waals surface area contributed by atoms with Crippen LogP contribution in [0.1, 0.15) is 38.8 Å². The van der Waals surface area contributed by atoms with Crippen LogP contribution >= 0.6 is 0 Å². The predicted molar refractivity (Wildman–Crippen MR) is 114 cm³/mol. The van der Waals surface area contributed by atoms with Gasteiger partial charge in [-0.1, -0.05) is 57.5 Å². The Hall–Kier alpha value is -1.88. The molecule has 1 aliphatic heterocycles. The summed E-state index contributed by atoms with van der Waals surface area (Å²) < 4.78 is 0. The van der Waals surface area contributed by atoms with Gasteiger partial charge in [-0.2, -0.15) is 0 Å². The van der Waals surface area contributed by atoms with Crippen LogP contribution in [0.5, 0.6) is 0 Å². The Morgan fingerprint density at radius 2 is 1.46 bits per heavy atom. The molecule has 0 atom stereocenters. The summed E-state index contributed by atoms with van der Waals surface area (Å²) in [5, 5.41) is 0. The monoisotopic (exact) mass is 387 g/mol. The molecule has 5 nitrogen and oxygen atoms in total. The SMILES string of the molecule is Cc1ccc(CC(=O)N2CCN(CC(=O)N(CC(C)C)CC(C)C)CC2)cc1. The van der Waals surface area contributed by atoms with Gasteiger partial charge in [0.15, 0.2) is 0 Å². The van der Waals surface area contributed by atoms with E-state index in [1.165, 1.54) is 5.56 Å². The minimum absolute atomic E-state index is 0.177. The molecular weight excluding hydrogens is 350 g/mol. The van der Waals surface area contributed by atoms with E-state index in [0.717, 1.165) is 31.7 Å². The minimum Gasteiger partial charge on any atom is -0.341 e. The molecule has 1 aromatic carbocycles. The van der Waals surface area contributed by atoms with Gasteiger partial charge < -0.3 is 9.80 Å². The molecule has 156 valence electrons. The molecule has 2 amide bonds. The van der Waals surface area contributed by atoms with Crippen molar-refractivity contribution in [2.75, 3.05) is 45.8 Å². The topological polar surface area (TPSA) is 43.9 Å². The van der Waals surface area contributed by atoms with Gasteiger partial charge in [0.2, 0.25) is 11.8 Å². The zero-order valence-corrected chi connectivity index (χ0v) is 18.3. The summed E-state index contributed by atoms with van der Waals surface area (Å²) in [6.45, 7) is 15.7. The lowest BCUT2D eigenvalue weighted by Crippen LogP contribution is -2.52. The molecule has 0 aromatic heterocycles. The summed E-state index contributed by atoms with van der Waals surface area (Å²) in [6.07, 6.45) is 0.454. The molecular formula is C23H37N3O2. The second-order valence-corrected chi connectivity index (χ2v) is 8.91. The highest BCUT2D eigenvalue weighted by Crippen LogP contribution is 2.10. The number of nitrogens with zero attached hydrogens (tertiary/aromatic N) is 3. The summed E-state index contributed by atoms with van der Waals surface area (Å²) in [5.74, 6) is 1.33. The van der Waals surface area contributed by atoms with Crippen molar-refractivity contribution in [2.24, 2.45) is 11.8 Å². The van der Waals surface area contributed by atoms with Crippen LogP contribution in [0.15, 0.2) is 24.3 Å². The zero-order valence-electron chi connectivity index (χ0n) is 18.3. The van der Waals surface area contributed by atoms with E-state index in [0.29, 0.717) is 37.9 Å². The summed E-state index contributed by atoms with van der Waals surface area (Å²) in [5.41, 5.74) is 2.27. The molecule has 1 fully saturated rings. The van der Waals surface area contributed by atoms with Gasteiger partial charge in [0.25, 0.3) is 0 Å². The average Bonchev–Trinajstić information content (AvgIpc) is 2.63. The Labute approximate surface area is 170 Å². The first-order valence-corrected chi connectivity index (χ1v) is 10.6. The molecule has 0 radical (unpaired) electrons. The highest BCUT2D eigenvalue weighted by atomic mass is 16.2. The Balaban J connectivity index is 1.81. The number of rotatable bonds is 8. The van der Waals surface area contributed by atoms with Gasteiger partial charge in [-0.15, -0.1) is 0 Å². The van der Waals surface area contributed by atoms with Gasteiger partial charge in [0, 0.05) is 39.3 Å². The molecule has 1 heterocycles. The maximum Gasteiger partial charge on any atom is 0.236 e. The molecule has 1 saturated heterocycles. The second kappa shape index (κ2) is 10.6. The van der Waals surface area contributed by atoms with Crippen molar-refractivity contribution in [3.05, 3.63) is 35.4 Å². The Morgan fingerprint density at radius 1 is 0.929 bits per heavy atom. The molecule has 0 aliphatic carbocycles. The van der Waals surface area contributed by atoms with Gasteiger partial charge in [0.05, 0.1) is 13.0 Å². The van der Waals surface area contributed by atoms with Crippen molar-refractivity contribution in [1.29, 1.82) is 0 Å². The van der Waals surface area contributed by atoms with Crippen LogP contribution in [0.3, 0.4) is 0 Å². The van der Waals surface area contributed by atoms with Crippen molar-refractivity contribution < 1.29 is 9.59 Å². The van der Waals surface area contributed by atoms with E-state index in [4.69, 9.17) is 0 Å². The third-order valence-corrected chi connectivity index (χ3v) is 5.08. The van der Waals surface area contributed by atoms with E-state index < -0.39 is 0 Å². The fourth-order valence-corrected chi connectivity index (χ4v) is 3.60. The summed E-state index contributed by atoms with van der Waals surface area (Å²) in [7, 11) is 0. The molecule has 1 aromatic rings. The number of carbonyl (C=O) groups excluding carboxylic acids is 2. The summed E-state index contributed by atoms with van der Waals surface area (Å²) >= 11 is 0. The van der Waals surface area contributed by atoms with E-state index in [1.807, 2.05) is 34.1 Å². The van der Waals surface area contributed by atoms with Crippen molar-refractivity contribution in [1.82, 2.24) is 14.7 Å². The molecule has 0 N–H and O–H groups in total. The van der Waals surface area contributed by atoms with Gasteiger partial charge in [0.1, 0.15) is 0 Å². The molecule has 0 saturated carbocycles. The smallest absolute Gasteiger partial charge is 0.236 e. The fraction of sp³-hybridized carbons (Fsp3) is 0.652. The van der Waals surface area contributed by atoms with E-state index in [-0.39, 0.29) is 11.8 Å². The average molecular weight is 388 g/mol.